The quantitative estimate of drug-likeness (QED) is 0.888. The summed E-state index contributed by atoms with van der Waals surface area (Å²) in [4.78, 5) is 0.0833. The van der Waals surface area contributed by atoms with Crippen LogP contribution < -0.4 is 10.5 Å². The van der Waals surface area contributed by atoms with Crippen LogP contribution in [-0.4, -0.2) is 8.42 Å². The summed E-state index contributed by atoms with van der Waals surface area (Å²) in [7, 11) is -3.65. The number of halogens is 1. The Labute approximate surface area is 130 Å². The van der Waals surface area contributed by atoms with Crippen LogP contribution in [0, 0.1) is 6.92 Å². The van der Waals surface area contributed by atoms with Gasteiger partial charge in [0, 0.05) is 13.1 Å². The molecule has 3 N–H and O–H groups in total. The third-order valence-electron chi connectivity index (χ3n) is 3.17. The van der Waals surface area contributed by atoms with Crippen molar-refractivity contribution in [3.63, 3.8) is 0 Å². The first kappa shape index (κ1) is 16.0. The molecule has 2 aromatic carbocycles. The van der Waals surface area contributed by atoms with Crippen LogP contribution in [0.3, 0.4) is 0 Å². The van der Waals surface area contributed by atoms with Crippen LogP contribution in [0.5, 0.6) is 0 Å². The van der Waals surface area contributed by atoms with Gasteiger partial charge in [-0.25, -0.2) is 13.1 Å². The van der Waals surface area contributed by atoms with Crippen molar-refractivity contribution in [3.8, 4) is 0 Å². The summed E-state index contributed by atoms with van der Waals surface area (Å²) in [6.07, 6.45) is 0. The average molecular weight is 325 g/mol. The lowest BCUT2D eigenvalue weighted by atomic mass is 10.1. The molecule has 112 valence electrons. The molecule has 0 aromatic heterocycles. The summed E-state index contributed by atoms with van der Waals surface area (Å²) in [5, 5.41) is 0.217. The second kappa shape index (κ2) is 6.58. The maximum Gasteiger partial charge on any atom is 0.242 e. The third-order valence-corrected chi connectivity index (χ3v) is 5.05. The van der Waals surface area contributed by atoms with Crippen molar-refractivity contribution in [2.75, 3.05) is 0 Å². The second-order valence-corrected chi connectivity index (χ2v) is 6.87. The maximum atomic E-state index is 12.3. The predicted molar refractivity (Wildman–Crippen MR) is 84.5 cm³/mol. The number of rotatable bonds is 5. The Hall–Kier alpha value is -1.40. The van der Waals surface area contributed by atoms with Crippen molar-refractivity contribution < 1.29 is 8.42 Å². The van der Waals surface area contributed by atoms with Gasteiger partial charge in [0.15, 0.2) is 0 Å². The monoisotopic (exact) mass is 324 g/mol. The van der Waals surface area contributed by atoms with E-state index in [2.05, 4.69) is 4.72 Å². The van der Waals surface area contributed by atoms with Crippen molar-refractivity contribution in [1.82, 2.24) is 4.72 Å². The molecule has 0 amide bonds. The minimum atomic E-state index is -3.65. The first-order valence-corrected chi connectivity index (χ1v) is 8.33. The zero-order valence-electron chi connectivity index (χ0n) is 11.6. The SMILES string of the molecule is Cc1ccc(S(=O)(=O)NCc2ccccc2CN)c(Cl)c1. The first-order valence-electron chi connectivity index (χ1n) is 6.46. The molecule has 0 aliphatic heterocycles. The molecule has 0 bridgehead atoms. The van der Waals surface area contributed by atoms with Crippen LogP contribution >= 0.6 is 11.6 Å². The Bertz CT molecular complexity index is 745. The number of hydrogen-bond donors (Lipinski definition) is 2. The Morgan fingerprint density at radius 3 is 2.43 bits per heavy atom. The van der Waals surface area contributed by atoms with Gasteiger partial charge < -0.3 is 5.73 Å². The molecule has 0 unspecified atom stereocenters. The molecular formula is C15H17ClN2O2S. The summed E-state index contributed by atoms with van der Waals surface area (Å²) in [6, 6.07) is 12.3. The molecule has 21 heavy (non-hydrogen) atoms. The van der Waals surface area contributed by atoms with Crippen LogP contribution in [0.25, 0.3) is 0 Å². The van der Waals surface area contributed by atoms with Crippen molar-refractivity contribution >= 4 is 21.6 Å². The summed E-state index contributed by atoms with van der Waals surface area (Å²) in [5.74, 6) is 0. The Balaban J connectivity index is 2.22. The van der Waals surface area contributed by atoms with E-state index >= 15 is 0 Å². The zero-order valence-corrected chi connectivity index (χ0v) is 13.2. The van der Waals surface area contributed by atoms with Gasteiger partial charge in [0.25, 0.3) is 0 Å². The Morgan fingerprint density at radius 1 is 1.14 bits per heavy atom. The minimum absolute atomic E-state index is 0.0833. The second-order valence-electron chi connectivity index (χ2n) is 4.73. The first-order chi connectivity index (χ1) is 9.94. The molecule has 0 aliphatic rings. The van der Waals surface area contributed by atoms with E-state index in [9.17, 15) is 8.42 Å². The van der Waals surface area contributed by atoms with Gasteiger partial charge in [-0.1, -0.05) is 41.9 Å². The average Bonchev–Trinajstić information content (AvgIpc) is 2.45. The van der Waals surface area contributed by atoms with E-state index in [-0.39, 0.29) is 16.5 Å². The fraction of sp³-hybridized carbons (Fsp3) is 0.200. The summed E-state index contributed by atoms with van der Waals surface area (Å²) in [6.45, 7) is 2.40. The third kappa shape index (κ3) is 3.83. The molecule has 0 aliphatic carbocycles. The highest BCUT2D eigenvalue weighted by atomic mass is 35.5. The van der Waals surface area contributed by atoms with Gasteiger partial charge in [0.05, 0.1) is 5.02 Å². The minimum Gasteiger partial charge on any atom is -0.326 e. The van der Waals surface area contributed by atoms with E-state index in [0.29, 0.717) is 6.54 Å². The molecule has 4 nitrogen and oxygen atoms in total. The number of benzene rings is 2. The van der Waals surface area contributed by atoms with Crippen LogP contribution in [-0.2, 0) is 23.1 Å². The molecule has 0 spiro atoms. The lowest BCUT2D eigenvalue weighted by Gasteiger charge is -2.11. The molecule has 0 atom stereocenters. The van der Waals surface area contributed by atoms with Crippen LogP contribution in [0.1, 0.15) is 16.7 Å². The van der Waals surface area contributed by atoms with Gasteiger partial charge >= 0.3 is 0 Å². The number of nitrogens with two attached hydrogens (primary N) is 1. The number of aryl methyl sites for hydroxylation is 1. The van der Waals surface area contributed by atoms with Crippen molar-refractivity contribution in [2.45, 2.75) is 24.9 Å². The van der Waals surface area contributed by atoms with E-state index in [0.717, 1.165) is 16.7 Å². The molecule has 0 fully saturated rings. The summed E-state index contributed by atoms with van der Waals surface area (Å²) >= 11 is 6.02. The normalized spacial score (nSPS) is 11.6. The van der Waals surface area contributed by atoms with E-state index in [1.54, 1.807) is 12.1 Å². The lowest BCUT2D eigenvalue weighted by Crippen LogP contribution is -2.24. The van der Waals surface area contributed by atoms with E-state index < -0.39 is 10.0 Å². The smallest absolute Gasteiger partial charge is 0.242 e. The molecule has 0 radical (unpaired) electrons. The molecule has 0 saturated heterocycles. The van der Waals surface area contributed by atoms with Crippen LogP contribution in [0.15, 0.2) is 47.4 Å². The van der Waals surface area contributed by atoms with Crippen LogP contribution in [0.4, 0.5) is 0 Å². The zero-order chi connectivity index (χ0) is 15.5. The topological polar surface area (TPSA) is 72.2 Å². The molecule has 6 heteroatoms. The van der Waals surface area contributed by atoms with E-state index in [1.165, 1.54) is 6.07 Å². The van der Waals surface area contributed by atoms with Gasteiger partial charge in [-0.3, -0.25) is 0 Å². The van der Waals surface area contributed by atoms with E-state index in [4.69, 9.17) is 17.3 Å². The highest BCUT2D eigenvalue weighted by Crippen LogP contribution is 2.22. The fourth-order valence-electron chi connectivity index (χ4n) is 2.00. The predicted octanol–water partition coefficient (Wildman–Crippen LogP) is 2.59. The van der Waals surface area contributed by atoms with Gasteiger partial charge in [-0.15, -0.1) is 0 Å². The molecule has 2 rings (SSSR count). The molecule has 0 heterocycles. The van der Waals surface area contributed by atoms with Crippen molar-refractivity contribution in [3.05, 3.63) is 64.2 Å². The largest absolute Gasteiger partial charge is 0.326 e. The lowest BCUT2D eigenvalue weighted by molar-refractivity contribution is 0.581. The van der Waals surface area contributed by atoms with Crippen molar-refractivity contribution in [1.29, 1.82) is 0 Å². The van der Waals surface area contributed by atoms with Crippen molar-refractivity contribution in [2.24, 2.45) is 5.73 Å². The van der Waals surface area contributed by atoms with E-state index in [1.807, 2.05) is 31.2 Å². The number of sulfonamides is 1. The van der Waals surface area contributed by atoms with Crippen LogP contribution in [0.2, 0.25) is 5.02 Å². The number of hydrogen-bond acceptors (Lipinski definition) is 3. The highest BCUT2D eigenvalue weighted by Gasteiger charge is 2.17. The Morgan fingerprint density at radius 2 is 1.81 bits per heavy atom. The van der Waals surface area contributed by atoms with Gasteiger partial charge in [0.2, 0.25) is 10.0 Å². The Kier molecular flexibility index (Phi) is 5.00. The molecule has 2 aromatic rings. The summed E-state index contributed by atoms with van der Waals surface area (Å²) < 4.78 is 27.2. The molecule has 0 saturated carbocycles. The number of nitrogens with one attached hydrogen (secondary N) is 1. The fourth-order valence-corrected chi connectivity index (χ4v) is 3.61. The summed E-state index contributed by atoms with van der Waals surface area (Å²) in [5.41, 5.74) is 8.32. The highest BCUT2D eigenvalue weighted by molar-refractivity contribution is 7.89. The van der Waals surface area contributed by atoms with Gasteiger partial charge in [0.1, 0.15) is 4.90 Å². The van der Waals surface area contributed by atoms with Gasteiger partial charge in [-0.05, 0) is 35.7 Å². The standard InChI is InChI=1S/C15H17ClN2O2S/c1-11-6-7-15(14(16)8-11)21(19,20)18-10-13-5-3-2-4-12(13)9-17/h2-8,18H,9-10,17H2,1H3. The maximum absolute atomic E-state index is 12.3. The molecular weight excluding hydrogens is 308 g/mol. The van der Waals surface area contributed by atoms with Gasteiger partial charge in [-0.2, -0.15) is 0 Å².